The molecule has 1 unspecified atom stereocenters. The Bertz CT molecular complexity index is 597. The van der Waals surface area contributed by atoms with Gasteiger partial charge in [-0.25, -0.2) is 0 Å². The molecule has 3 heteroatoms. The number of hydrogen-bond donors (Lipinski definition) is 1. The van der Waals surface area contributed by atoms with E-state index in [-0.39, 0.29) is 0 Å². The lowest BCUT2D eigenvalue weighted by molar-refractivity contribution is 0.405. The Kier molecular flexibility index (Phi) is 3.47. The Labute approximate surface area is 121 Å². The van der Waals surface area contributed by atoms with Crippen molar-refractivity contribution in [1.29, 1.82) is 0 Å². The monoisotopic (exact) mass is 317 g/mol. The van der Waals surface area contributed by atoms with E-state index in [0.29, 0.717) is 6.04 Å². The van der Waals surface area contributed by atoms with Gasteiger partial charge in [0.2, 0.25) is 0 Å². The molecule has 0 saturated heterocycles. The van der Waals surface area contributed by atoms with Gasteiger partial charge in [-0.1, -0.05) is 30.3 Å². The average Bonchev–Trinajstić information content (AvgIpc) is 2.47. The summed E-state index contributed by atoms with van der Waals surface area (Å²) in [6.07, 6.45) is 2.17. The van der Waals surface area contributed by atoms with Crippen LogP contribution in [0.25, 0.3) is 0 Å². The summed E-state index contributed by atoms with van der Waals surface area (Å²) in [7, 11) is 1.73. The van der Waals surface area contributed by atoms with Gasteiger partial charge in [0.05, 0.1) is 18.8 Å². The Hall–Kier alpha value is -1.48. The van der Waals surface area contributed by atoms with E-state index in [4.69, 9.17) is 4.74 Å². The summed E-state index contributed by atoms with van der Waals surface area (Å²) in [4.78, 5) is 0. The van der Waals surface area contributed by atoms with Gasteiger partial charge in [-0.05, 0) is 46.5 Å². The molecule has 0 saturated carbocycles. The first-order valence-corrected chi connectivity index (χ1v) is 7.25. The van der Waals surface area contributed by atoms with Gasteiger partial charge in [0.1, 0.15) is 5.75 Å². The van der Waals surface area contributed by atoms with Crippen LogP contribution in [0.4, 0.5) is 5.69 Å². The van der Waals surface area contributed by atoms with Gasteiger partial charge in [0.25, 0.3) is 0 Å². The summed E-state index contributed by atoms with van der Waals surface area (Å²) >= 11 is 3.62. The third-order valence-corrected chi connectivity index (χ3v) is 4.30. The Morgan fingerprint density at radius 2 is 2.00 bits per heavy atom. The van der Waals surface area contributed by atoms with E-state index >= 15 is 0 Å². The molecule has 1 N–H and O–H groups in total. The molecule has 0 spiro atoms. The maximum absolute atomic E-state index is 5.47. The number of fused-ring (bicyclic) bond motifs is 1. The highest BCUT2D eigenvalue weighted by Crippen LogP contribution is 2.39. The fraction of sp³-hybridized carbons (Fsp3) is 0.250. The van der Waals surface area contributed by atoms with Crippen LogP contribution < -0.4 is 10.1 Å². The summed E-state index contributed by atoms with van der Waals surface area (Å²) in [6, 6.07) is 14.9. The molecule has 0 bridgehead atoms. The molecule has 1 aliphatic rings. The average molecular weight is 318 g/mol. The molecule has 0 radical (unpaired) electrons. The molecule has 1 aliphatic heterocycles. The van der Waals surface area contributed by atoms with Gasteiger partial charge >= 0.3 is 0 Å². The quantitative estimate of drug-likeness (QED) is 0.876. The van der Waals surface area contributed by atoms with Crippen LogP contribution >= 0.6 is 15.9 Å². The molecular weight excluding hydrogens is 302 g/mol. The van der Waals surface area contributed by atoms with Crippen LogP contribution in [0, 0.1) is 0 Å². The van der Waals surface area contributed by atoms with Crippen molar-refractivity contribution >= 4 is 21.6 Å². The first kappa shape index (κ1) is 12.5. The molecule has 2 aromatic carbocycles. The van der Waals surface area contributed by atoms with Crippen molar-refractivity contribution in [2.24, 2.45) is 0 Å². The zero-order chi connectivity index (χ0) is 13.2. The third-order valence-electron chi connectivity index (χ3n) is 3.64. The lowest BCUT2D eigenvalue weighted by Crippen LogP contribution is -2.19. The number of benzene rings is 2. The van der Waals surface area contributed by atoms with E-state index in [1.807, 2.05) is 12.1 Å². The summed E-state index contributed by atoms with van der Waals surface area (Å²) in [5.74, 6) is 0.954. The van der Waals surface area contributed by atoms with Gasteiger partial charge < -0.3 is 10.1 Å². The predicted molar refractivity (Wildman–Crippen MR) is 81.8 cm³/mol. The van der Waals surface area contributed by atoms with E-state index in [1.54, 1.807) is 7.11 Å². The first-order valence-electron chi connectivity index (χ1n) is 6.46. The summed E-state index contributed by atoms with van der Waals surface area (Å²) in [6.45, 7) is 0. The largest absolute Gasteiger partial charge is 0.496 e. The second-order valence-corrected chi connectivity index (χ2v) is 5.61. The molecule has 98 valence electrons. The number of nitrogens with one attached hydrogen (secondary N) is 1. The minimum atomic E-state index is 0.308. The number of halogens is 1. The zero-order valence-corrected chi connectivity index (χ0v) is 12.4. The van der Waals surface area contributed by atoms with E-state index in [9.17, 15) is 0 Å². The van der Waals surface area contributed by atoms with Gasteiger partial charge in [0, 0.05) is 10.0 Å². The smallest absolute Gasteiger partial charge is 0.124 e. The molecule has 2 aromatic rings. The topological polar surface area (TPSA) is 21.3 Å². The summed E-state index contributed by atoms with van der Waals surface area (Å²) in [5, 5.41) is 3.63. The zero-order valence-electron chi connectivity index (χ0n) is 10.8. The van der Waals surface area contributed by atoms with Crippen LogP contribution in [0.2, 0.25) is 0 Å². The molecule has 0 aliphatic carbocycles. The van der Waals surface area contributed by atoms with Crippen LogP contribution in [0.15, 0.2) is 46.9 Å². The molecule has 0 fully saturated rings. The number of ether oxygens (including phenoxy) is 1. The second kappa shape index (κ2) is 5.25. The number of hydrogen-bond acceptors (Lipinski definition) is 2. The molecule has 1 atom stereocenters. The van der Waals surface area contributed by atoms with Crippen molar-refractivity contribution in [1.82, 2.24) is 0 Å². The number of para-hydroxylation sites is 2. The van der Waals surface area contributed by atoms with Gasteiger partial charge in [-0.15, -0.1) is 0 Å². The lowest BCUT2D eigenvalue weighted by Gasteiger charge is -2.29. The van der Waals surface area contributed by atoms with Gasteiger partial charge in [-0.3, -0.25) is 0 Å². The highest BCUT2D eigenvalue weighted by atomic mass is 79.9. The number of methoxy groups -OCH3 is 1. The highest BCUT2D eigenvalue weighted by Gasteiger charge is 2.22. The van der Waals surface area contributed by atoms with E-state index in [1.165, 1.54) is 16.8 Å². The first-order chi connectivity index (χ1) is 9.29. The van der Waals surface area contributed by atoms with Crippen molar-refractivity contribution in [3.8, 4) is 5.75 Å². The molecule has 19 heavy (non-hydrogen) atoms. The van der Waals surface area contributed by atoms with Crippen LogP contribution in [0.3, 0.4) is 0 Å². The molecule has 1 heterocycles. The fourth-order valence-electron chi connectivity index (χ4n) is 2.67. The second-order valence-electron chi connectivity index (χ2n) is 4.75. The molecule has 2 nitrogen and oxygen atoms in total. The van der Waals surface area contributed by atoms with Crippen molar-refractivity contribution in [2.45, 2.75) is 18.9 Å². The fourth-order valence-corrected chi connectivity index (χ4v) is 3.19. The molecule has 0 amide bonds. The summed E-state index contributed by atoms with van der Waals surface area (Å²) in [5.41, 5.74) is 3.82. The Morgan fingerprint density at radius 1 is 1.16 bits per heavy atom. The van der Waals surface area contributed by atoms with Crippen LogP contribution in [-0.2, 0) is 6.42 Å². The predicted octanol–water partition coefficient (Wildman–Crippen LogP) is 4.56. The maximum Gasteiger partial charge on any atom is 0.124 e. The number of rotatable bonds is 2. The standard InChI is InChI=1S/C16H16BrNO/c1-19-15-8-3-2-6-12(15)14-10-9-11-5-4-7-13(17)16(11)18-14/h2-8,14,18H,9-10H2,1H3. The van der Waals surface area contributed by atoms with Crippen molar-refractivity contribution in [2.75, 3.05) is 12.4 Å². The van der Waals surface area contributed by atoms with Gasteiger partial charge in [0.15, 0.2) is 0 Å². The van der Waals surface area contributed by atoms with E-state index in [0.717, 1.165) is 23.1 Å². The minimum Gasteiger partial charge on any atom is -0.496 e. The van der Waals surface area contributed by atoms with Crippen molar-refractivity contribution in [3.05, 3.63) is 58.1 Å². The van der Waals surface area contributed by atoms with Crippen molar-refractivity contribution < 1.29 is 4.74 Å². The minimum absolute atomic E-state index is 0.308. The summed E-state index contributed by atoms with van der Waals surface area (Å²) < 4.78 is 6.59. The Balaban J connectivity index is 1.95. The van der Waals surface area contributed by atoms with Gasteiger partial charge in [-0.2, -0.15) is 0 Å². The Morgan fingerprint density at radius 3 is 2.84 bits per heavy atom. The van der Waals surface area contributed by atoms with Crippen LogP contribution in [0.1, 0.15) is 23.6 Å². The van der Waals surface area contributed by atoms with Crippen LogP contribution in [-0.4, -0.2) is 7.11 Å². The lowest BCUT2D eigenvalue weighted by atomic mass is 9.93. The normalized spacial score (nSPS) is 17.5. The van der Waals surface area contributed by atoms with Crippen molar-refractivity contribution in [3.63, 3.8) is 0 Å². The van der Waals surface area contributed by atoms with E-state index in [2.05, 4.69) is 51.6 Å². The number of anilines is 1. The maximum atomic E-state index is 5.47. The molecular formula is C16H16BrNO. The number of aryl methyl sites for hydroxylation is 1. The van der Waals surface area contributed by atoms with Crippen LogP contribution in [0.5, 0.6) is 5.75 Å². The SMILES string of the molecule is COc1ccccc1C1CCc2cccc(Br)c2N1. The molecule has 3 rings (SSSR count). The molecule has 0 aromatic heterocycles. The highest BCUT2D eigenvalue weighted by molar-refractivity contribution is 9.10. The van der Waals surface area contributed by atoms with E-state index < -0.39 is 0 Å². The third kappa shape index (κ3) is 2.35.